The highest BCUT2D eigenvalue weighted by molar-refractivity contribution is 9.10. The summed E-state index contributed by atoms with van der Waals surface area (Å²) < 4.78 is 7.41. The molecule has 1 rings (SSSR count). The molecule has 1 heterocycles. The van der Waals surface area contributed by atoms with E-state index >= 15 is 0 Å². The summed E-state index contributed by atoms with van der Waals surface area (Å²) in [5.74, 6) is 0.123. The van der Waals surface area contributed by atoms with E-state index in [1.807, 2.05) is 6.92 Å². The Morgan fingerprint density at radius 3 is 3.00 bits per heavy atom. The van der Waals surface area contributed by atoms with E-state index in [1.54, 1.807) is 18.0 Å². The van der Waals surface area contributed by atoms with Gasteiger partial charge in [-0.2, -0.15) is 5.10 Å². The van der Waals surface area contributed by atoms with Crippen molar-refractivity contribution in [3.05, 3.63) is 16.4 Å². The number of aromatic nitrogens is 2. The van der Waals surface area contributed by atoms with Gasteiger partial charge < -0.3 is 4.74 Å². The van der Waals surface area contributed by atoms with Crippen LogP contribution >= 0.6 is 15.9 Å². The molecule has 0 radical (unpaired) electrons. The minimum Gasteiger partial charge on any atom is -0.383 e. The summed E-state index contributed by atoms with van der Waals surface area (Å²) in [4.78, 5) is 11.8. The Bertz CT molecular complexity index is 336. The van der Waals surface area contributed by atoms with Crippen molar-refractivity contribution in [2.45, 2.75) is 26.3 Å². The van der Waals surface area contributed by atoms with Crippen molar-refractivity contribution >= 4 is 21.7 Å². The number of Topliss-reactive ketones (excluding diaryl/α,β-unsaturated/α-hetero) is 1. The number of hydrogen-bond acceptors (Lipinski definition) is 3. The number of nitrogens with zero attached hydrogens (tertiary/aromatic N) is 2. The maximum absolute atomic E-state index is 11.8. The predicted octanol–water partition coefficient (Wildman–Crippen LogP) is 2.27. The van der Waals surface area contributed by atoms with Crippen molar-refractivity contribution in [3.8, 4) is 0 Å². The second kappa shape index (κ2) is 6.02. The van der Waals surface area contributed by atoms with Crippen LogP contribution in [0, 0.1) is 0 Å². The molecule has 0 fully saturated rings. The van der Waals surface area contributed by atoms with Gasteiger partial charge in [-0.05, 0) is 22.4 Å². The lowest BCUT2D eigenvalue weighted by molar-refractivity contribution is 0.0967. The highest BCUT2D eigenvalue weighted by Crippen LogP contribution is 2.18. The van der Waals surface area contributed by atoms with Crippen LogP contribution in [0.25, 0.3) is 0 Å². The van der Waals surface area contributed by atoms with Gasteiger partial charge in [0.1, 0.15) is 5.69 Å². The van der Waals surface area contributed by atoms with Crippen LogP contribution in [0.3, 0.4) is 0 Å². The van der Waals surface area contributed by atoms with Crippen LogP contribution in [0.4, 0.5) is 0 Å². The quantitative estimate of drug-likeness (QED) is 0.748. The van der Waals surface area contributed by atoms with Crippen LogP contribution in [0.15, 0.2) is 10.7 Å². The Morgan fingerprint density at radius 2 is 2.40 bits per heavy atom. The van der Waals surface area contributed by atoms with Gasteiger partial charge in [-0.3, -0.25) is 9.48 Å². The number of carbonyl (C=O) groups excluding carboxylic acids is 1. The molecule has 0 bridgehead atoms. The van der Waals surface area contributed by atoms with Gasteiger partial charge in [-0.25, -0.2) is 0 Å². The first kappa shape index (κ1) is 12.4. The van der Waals surface area contributed by atoms with Crippen LogP contribution in [0.2, 0.25) is 0 Å². The van der Waals surface area contributed by atoms with Crippen LogP contribution in [-0.4, -0.2) is 29.3 Å². The highest BCUT2D eigenvalue weighted by Gasteiger charge is 2.15. The molecule has 0 amide bonds. The van der Waals surface area contributed by atoms with E-state index < -0.39 is 0 Å². The zero-order valence-corrected chi connectivity index (χ0v) is 10.6. The molecule has 84 valence electrons. The Labute approximate surface area is 97.7 Å². The van der Waals surface area contributed by atoms with E-state index in [2.05, 4.69) is 21.0 Å². The predicted molar refractivity (Wildman–Crippen MR) is 61.0 cm³/mol. The van der Waals surface area contributed by atoms with Gasteiger partial charge in [-0.15, -0.1) is 0 Å². The lowest BCUT2D eigenvalue weighted by Crippen LogP contribution is -2.13. The maximum Gasteiger partial charge on any atom is 0.182 e. The minimum absolute atomic E-state index is 0.123. The Hall–Kier alpha value is -0.680. The monoisotopic (exact) mass is 274 g/mol. The number of ketones is 1. The van der Waals surface area contributed by atoms with Crippen molar-refractivity contribution in [3.63, 3.8) is 0 Å². The molecule has 5 heteroatoms. The second-order valence-corrected chi connectivity index (χ2v) is 4.08. The molecule has 15 heavy (non-hydrogen) atoms. The van der Waals surface area contributed by atoms with E-state index in [0.717, 1.165) is 10.9 Å². The van der Waals surface area contributed by atoms with Crippen molar-refractivity contribution in [1.29, 1.82) is 0 Å². The average Bonchev–Trinajstić information content (AvgIpc) is 2.57. The third kappa shape index (κ3) is 3.14. The number of carbonyl (C=O) groups is 1. The smallest absolute Gasteiger partial charge is 0.182 e. The Morgan fingerprint density at radius 1 is 1.67 bits per heavy atom. The fourth-order valence-corrected chi connectivity index (χ4v) is 1.85. The minimum atomic E-state index is 0.123. The maximum atomic E-state index is 11.8. The summed E-state index contributed by atoms with van der Waals surface area (Å²) in [6.45, 7) is 3.15. The van der Waals surface area contributed by atoms with Gasteiger partial charge >= 0.3 is 0 Å². The van der Waals surface area contributed by atoms with Crippen molar-refractivity contribution in [1.82, 2.24) is 9.78 Å². The zero-order chi connectivity index (χ0) is 11.3. The van der Waals surface area contributed by atoms with Crippen LogP contribution in [0.1, 0.15) is 30.3 Å². The standard InChI is InChI=1S/C10H15BrN2O2/c1-3-4-9(14)10-8(11)7-12-13(10)5-6-15-2/h7H,3-6H2,1-2H3. The molecule has 0 aliphatic heterocycles. The van der Waals surface area contributed by atoms with E-state index in [1.165, 1.54) is 0 Å². The first-order valence-corrected chi connectivity index (χ1v) is 5.73. The Kier molecular flexibility index (Phi) is 4.98. The third-order valence-electron chi connectivity index (χ3n) is 2.04. The first-order valence-electron chi connectivity index (χ1n) is 4.94. The summed E-state index contributed by atoms with van der Waals surface area (Å²) in [5.41, 5.74) is 0.647. The molecule has 0 saturated carbocycles. The lowest BCUT2D eigenvalue weighted by Gasteiger charge is -2.05. The first-order chi connectivity index (χ1) is 7.20. The van der Waals surface area contributed by atoms with Crippen molar-refractivity contribution < 1.29 is 9.53 Å². The summed E-state index contributed by atoms with van der Waals surface area (Å²) >= 11 is 3.33. The molecule has 0 aromatic carbocycles. The van der Waals surface area contributed by atoms with Crippen LogP contribution < -0.4 is 0 Å². The molecule has 1 aromatic heterocycles. The van der Waals surface area contributed by atoms with Crippen molar-refractivity contribution in [2.75, 3.05) is 13.7 Å². The molecule has 4 nitrogen and oxygen atoms in total. The van der Waals surface area contributed by atoms with Crippen LogP contribution in [-0.2, 0) is 11.3 Å². The van der Waals surface area contributed by atoms with Gasteiger partial charge in [0, 0.05) is 13.5 Å². The van der Waals surface area contributed by atoms with E-state index in [-0.39, 0.29) is 5.78 Å². The summed E-state index contributed by atoms with van der Waals surface area (Å²) in [6.07, 6.45) is 3.05. The van der Waals surface area contributed by atoms with E-state index in [9.17, 15) is 4.79 Å². The molecule has 0 aliphatic rings. The summed E-state index contributed by atoms with van der Waals surface area (Å²) in [5, 5.41) is 4.13. The molecule has 0 spiro atoms. The molecular weight excluding hydrogens is 260 g/mol. The van der Waals surface area contributed by atoms with Gasteiger partial charge in [-0.1, -0.05) is 6.92 Å². The summed E-state index contributed by atoms with van der Waals surface area (Å²) in [7, 11) is 1.63. The third-order valence-corrected chi connectivity index (χ3v) is 2.62. The molecule has 0 aliphatic carbocycles. The van der Waals surface area contributed by atoms with Gasteiger partial charge in [0.25, 0.3) is 0 Å². The fourth-order valence-electron chi connectivity index (χ4n) is 1.33. The number of hydrogen-bond donors (Lipinski definition) is 0. The molecule has 1 aromatic rings. The molecule has 0 unspecified atom stereocenters. The van der Waals surface area contributed by atoms with E-state index in [4.69, 9.17) is 4.74 Å². The number of rotatable bonds is 6. The van der Waals surface area contributed by atoms with Crippen molar-refractivity contribution in [2.24, 2.45) is 0 Å². The second-order valence-electron chi connectivity index (χ2n) is 3.23. The van der Waals surface area contributed by atoms with Gasteiger partial charge in [0.05, 0.1) is 23.8 Å². The summed E-state index contributed by atoms with van der Waals surface area (Å²) in [6, 6.07) is 0. The topological polar surface area (TPSA) is 44.1 Å². The Balaban J connectivity index is 2.83. The average molecular weight is 275 g/mol. The van der Waals surface area contributed by atoms with E-state index in [0.29, 0.717) is 25.3 Å². The fraction of sp³-hybridized carbons (Fsp3) is 0.600. The molecular formula is C10H15BrN2O2. The van der Waals surface area contributed by atoms with Gasteiger partial charge in [0.15, 0.2) is 5.78 Å². The molecule has 0 N–H and O–H groups in total. The lowest BCUT2D eigenvalue weighted by atomic mass is 10.2. The molecule has 0 atom stereocenters. The molecule has 0 saturated heterocycles. The number of methoxy groups -OCH3 is 1. The van der Waals surface area contributed by atoms with Gasteiger partial charge in [0.2, 0.25) is 0 Å². The largest absolute Gasteiger partial charge is 0.383 e. The highest BCUT2D eigenvalue weighted by atomic mass is 79.9. The zero-order valence-electron chi connectivity index (χ0n) is 8.99. The number of ether oxygens (including phenoxy) is 1. The number of halogens is 1. The van der Waals surface area contributed by atoms with Crippen LogP contribution in [0.5, 0.6) is 0 Å². The normalized spacial score (nSPS) is 10.6. The SMILES string of the molecule is CCCC(=O)c1c(Br)cnn1CCOC.